The third kappa shape index (κ3) is 1.72. The minimum absolute atomic E-state index is 0.0750. The lowest BCUT2D eigenvalue weighted by atomic mass is 9.97. The predicted octanol–water partition coefficient (Wildman–Crippen LogP) is 2.60. The highest BCUT2D eigenvalue weighted by Gasteiger charge is 2.59. The van der Waals surface area contributed by atoms with E-state index in [1.807, 2.05) is 13.0 Å². The van der Waals surface area contributed by atoms with Gasteiger partial charge in [-0.15, -0.1) is 0 Å². The number of nitro groups is 1. The number of rotatable bonds is 3. The van der Waals surface area contributed by atoms with Crippen molar-refractivity contribution in [1.29, 1.82) is 0 Å². The van der Waals surface area contributed by atoms with E-state index in [4.69, 9.17) is 5.73 Å². The highest BCUT2D eigenvalue weighted by molar-refractivity contribution is 5.51. The van der Waals surface area contributed by atoms with E-state index < -0.39 is 0 Å². The normalized spacial score (nSPS) is 25.6. The average molecular weight is 234 g/mol. The second-order valence-corrected chi connectivity index (χ2v) is 5.41. The minimum atomic E-state index is -0.287. The van der Waals surface area contributed by atoms with Crippen LogP contribution in [0.3, 0.4) is 0 Å². The van der Waals surface area contributed by atoms with Gasteiger partial charge in [-0.1, -0.05) is 26.0 Å². The van der Waals surface area contributed by atoms with E-state index in [0.717, 1.165) is 11.1 Å². The fourth-order valence-electron chi connectivity index (χ4n) is 2.99. The van der Waals surface area contributed by atoms with Crippen LogP contribution in [0.5, 0.6) is 0 Å². The number of hydrogen-bond donors (Lipinski definition) is 1. The van der Waals surface area contributed by atoms with E-state index >= 15 is 0 Å². The number of aryl methyl sites for hydroxylation is 1. The molecule has 0 amide bonds. The molecule has 0 bridgehead atoms. The van der Waals surface area contributed by atoms with Crippen molar-refractivity contribution in [3.8, 4) is 0 Å². The molecule has 1 saturated carbocycles. The van der Waals surface area contributed by atoms with Crippen LogP contribution in [0.25, 0.3) is 0 Å². The summed E-state index contributed by atoms with van der Waals surface area (Å²) < 4.78 is 0. The summed E-state index contributed by atoms with van der Waals surface area (Å²) >= 11 is 0. The first-order chi connectivity index (χ1) is 7.91. The van der Waals surface area contributed by atoms with Gasteiger partial charge in [-0.2, -0.15) is 0 Å². The summed E-state index contributed by atoms with van der Waals surface area (Å²) in [4.78, 5) is 10.8. The Balaban J connectivity index is 2.50. The summed E-state index contributed by atoms with van der Waals surface area (Å²) in [5.74, 6) is 0.566. The standard InChI is InChI=1S/C13H18N2O2/c1-8-5-4-6-10(15(16)17)11(8)12-9(7-14)13(12,2)3/h4-6,9,12H,7,14H2,1-3H3/t9-,12+/m0/s1. The SMILES string of the molecule is Cc1cccc([N+](=O)[O-])c1[C@H]1[C@H](CN)C1(C)C. The van der Waals surface area contributed by atoms with Gasteiger partial charge in [0.05, 0.1) is 4.92 Å². The largest absolute Gasteiger partial charge is 0.330 e. The lowest BCUT2D eigenvalue weighted by molar-refractivity contribution is -0.385. The molecular weight excluding hydrogens is 216 g/mol. The van der Waals surface area contributed by atoms with Crippen LogP contribution in [0.15, 0.2) is 18.2 Å². The molecule has 17 heavy (non-hydrogen) atoms. The summed E-state index contributed by atoms with van der Waals surface area (Å²) in [5.41, 5.74) is 7.92. The van der Waals surface area contributed by atoms with Gasteiger partial charge in [0, 0.05) is 17.5 Å². The predicted molar refractivity (Wildman–Crippen MR) is 66.9 cm³/mol. The van der Waals surface area contributed by atoms with E-state index in [0.29, 0.717) is 12.5 Å². The molecule has 0 unspecified atom stereocenters. The third-order valence-corrected chi connectivity index (χ3v) is 4.11. The first-order valence-electron chi connectivity index (χ1n) is 5.85. The molecule has 4 nitrogen and oxygen atoms in total. The molecule has 1 aliphatic rings. The first kappa shape index (κ1) is 12.0. The van der Waals surface area contributed by atoms with Crippen molar-refractivity contribution in [2.24, 2.45) is 17.1 Å². The second kappa shape index (κ2) is 3.81. The van der Waals surface area contributed by atoms with Gasteiger partial charge in [-0.25, -0.2) is 0 Å². The van der Waals surface area contributed by atoms with Gasteiger partial charge < -0.3 is 5.73 Å². The molecule has 0 heterocycles. The topological polar surface area (TPSA) is 69.2 Å². The zero-order valence-corrected chi connectivity index (χ0v) is 10.4. The van der Waals surface area contributed by atoms with Crippen molar-refractivity contribution < 1.29 is 4.92 Å². The molecule has 4 heteroatoms. The Morgan fingerprint density at radius 1 is 1.47 bits per heavy atom. The maximum atomic E-state index is 11.1. The molecule has 1 aromatic carbocycles. The molecule has 0 spiro atoms. The van der Waals surface area contributed by atoms with Crippen LogP contribution in [0.4, 0.5) is 5.69 Å². The van der Waals surface area contributed by atoms with Crippen LogP contribution in [-0.2, 0) is 0 Å². The third-order valence-electron chi connectivity index (χ3n) is 4.11. The maximum Gasteiger partial charge on any atom is 0.273 e. The van der Waals surface area contributed by atoms with Crippen molar-refractivity contribution in [3.63, 3.8) is 0 Å². The van der Waals surface area contributed by atoms with Crippen LogP contribution in [0, 0.1) is 28.4 Å². The zero-order chi connectivity index (χ0) is 12.8. The number of hydrogen-bond acceptors (Lipinski definition) is 3. The molecule has 1 fully saturated rings. The lowest BCUT2D eigenvalue weighted by Gasteiger charge is -2.07. The Hall–Kier alpha value is -1.42. The molecule has 0 radical (unpaired) electrons. The molecule has 0 aliphatic heterocycles. The summed E-state index contributed by atoms with van der Waals surface area (Å²) in [7, 11) is 0. The van der Waals surface area contributed by atoms with E-state index in [2.05, 4.69) is 13.8 Å². The highest BCUT2D eigenvalue weighted by atomic mass is 16.6. The van der Waals surface area contributed by atoms with Crippen molar-refractivity contribution >= 4 is 5.69 Å². The van der Waals surface area contributed by atoms with E-state index in [-0.39, 0.29) is 21.9 Å². The number of nitro benzene ring substituents is 1. The van der Waals surface area contributed by atoms with E-state index in [1.54, 1.807) is 12.1 Å². The highest BCUT2D eigenvalue weighted by Crippen LogP contribution is 2.65. The first-order valence-corrected chi connectivity index (χ1v) is 5.85. The maximum absolute atomic E-state index is 11.1. The Bertz CT molecular complexity index is 468. The monoisotopic (exact) mass is 234 g/mol. The van der Waals surface area contributed by atoms with Crippen molar-refractivity contribution in [2.75, 3.05) is 6.54 Å². The second-order valence-electron chi connectivity index (χ2n) is 5.41. The minimum Gasteiger partial charge on any atom is -0.330 e. The van der Waals surface area contributed by atoms with Gasteiger partial charge in [0.1, 0.15) is 0 Å². The van der Waals surface area contributed by atoms with Crippen LogP contribution in [0.1, 0.15) is 30.9 Å². The quantitative estimate of drug-likeness (QED) is 0.645. The molecule has 2 N–H and O–H groups in total. The van der Waals surface area contributed by atoms with Gasteiger partial charge >= 0.3 is 0 Å². The molecule has 92 valence electrons. The molecular formula is C13H18N2O2. The fraction of sp³-hybridized carbons (Fsp3) is 0.538. The summed E-state index contributed by atoms with van der Waals surface area (Å²) in [5, 5.41) is 11.1. The number of nitrogens with zero attached hydrogens (tertiary/aromatic N) is 1. The zero-order valence-electron chi connectivity index (χ0n) is 10.4. The van der Waals surface area contributed by atoms with Crippen LogP contribution in [-0.4, -0.2) is 11.5 Å². The van der Waals surface area contributed by atoms with Gasteiger partial charge in [-0.3, -0.25) is 10.1 Å². The Morgan fingerprint density at radius 2 is 2.12 bits per heavy atom. The van der Waals surface area contributed by atoms with Gasteiger partial charge in [-0.05, 0) is 30.4 Å². The fourth-order valence-corrected chi connectivity index (χ4v) is 2.99. The Labute approximate surface area is 101 Å². The molecule has 2 atom stereocenters. The van der Waals surface area contributed by atoms with Crippen LogP contribution < -0.4 is 5.73 Å². The van der Waals surface area contributed by atoms with Gasteiger partial charge in [0.2, 0.25) is 0 Å². The molecule has 2 rings (SSSR count). The van der Waals surface area contributed by atoms with E-state index in [1.165, 1.54) is 0 Å². The van der Waals surface area contributed by atoms with Gasteiger partial charge in [0.15, 0.2) is 0 Å². The number of benzene rings is 1. The summed E-state index contributed by atoms with van der Waals surface area (Å²) in [6.45, 7) is 6.78. The summed E-state index contributed by atoms with van der Waals surface area (Å²) in [6.07, 6.45) is 0. The average Bonchev–Trinajstić information content (AvgIpc) is 2.79. The molecule has 1 aliphatic carbocycles. The van der Waals surface area contributed by atoms with Crippen LogP contribution >= 0.6 is 0 Å². The van der Waals surface area contributed by atoms with Crippen LogP contribution in [0.2, 0.25) is 0 Å². The molecule has 0 aromatic heterocycles. The summed E-state index contributed by atoms with van der Waals surface area (Å²) in [6, 6.07) is 5.26. The number of nitrogens with two attached hydrogens (primary N) is 1. The Morgan fingerprint density at radius 3 is 2.59 bits per heavy atom. The smallest absolute Gasteiger partial charge is 0.273 e. The lowest BCUT2D eigenvalue weighted by Crippen LogP contribution is -2.05. The van der Waals surface area contributed by atoms with Gasteiger partial charge in [0.25, 0.3) is 5.69 Å². The molecule has 0 saturated heterocycles. The Kier molecular flexibility index (Phi) is 2.70. The van der Waals surface area contributed by atoms with E-state index in [9.17, 15) is 10.1 Å². The van der Waals surface area contributed by atoms with Crippen molar-refractivity contribution in [2.45, 2.75) is 26.7 Å². The van der Waals surface area contributed by atoms with Crippen molar-refractivity contribution in [1.82, 2.24) is 0 Å². The molecule has 1 aromatic rings. The van der Waals surface area contributed by atoms with Crippen molar-refractivity contribution in [3.05, 3.63) is 39.4 Å².